The molecule has 0 aliphatic heterocycles. The number of hydrogen-bond donors (Lipinski definition) is 2. The van der Waals surface area contributed by atoms with Crippen LogP contribution in [0.15, 0.2) is 0 Å². The summed E-state index contributed by atoms with van der Waals surface area (Å²) in [7, 11) is 0. The molecule has 0 aliphatic rings. The third-order valence-corrected chi connectivity index (χ3v) is 1.60. The van der Waals surface area contributed by atoms with Crippen LogP contribution >= 0.6 is 12.2 Å². The quantitative estimate of drug-likeness (QED) is 0.482. The summed E-state index contributed by atoms with van der Waals surface area (Å²) in [5.41, 5.74) is 5.29. The van der Waals surface area contributed by atoms with Crippen LogP contribution in [-0.2, 0) is 4.79 Å². The fourth-order valence-electron chi connectivity index (χ4n) is 0.806. The third kappa shape index (κ3) is 7.47. The van der Waals surface area contributed by atoms with E-state index in [1.165, 1.54) is 0 Å². The zero-order valence-corrected chi connectivity index (χ0v) is 8.25. The highest BCUT2D eigenvalue weighted by atomic mass is 32.1. The van der Waals surface area contributed by atoms with Crippen molar-refractivity contribution in [1.82, 2.24) is 5.32 Å². The summed E-state index contributed by atoms with van der Waals surface area (Å²) in [4.78, 5) is 11.4. The fraction of sp³-hybridized carbons (Fsp3) is 0.750. The summed E-state index contributed by atoms with van der Waals surface area (Å²) in [5, 5.41) is 2.78. The lowest BCUT2D eigenvalue weighted by Gasteiger charge is -2.02. The molecule has 0 heterocycles. The molecule has 3 nitrogen and oxygen atoms in total. The maximum absolute atomic E-state index is 10.9. The lowest BCUT2D eigenvalue weighted by atomic mass is 10.3. The van der Waals surface area contributed by atoms with Crippen molar-refractivity contribution in [2.75, 3.05) is 6.54 Å². The Balaban J connectivity index is 3.19. The van der Waals surface area contributed by atoms with Gasteiger partial charge in [-0.15, -0.1) is 0 Å². The van der Waals surface area contributed by atoms with Gasteiger partial charge < -0.3 is 11.1 Å². The number of amides is 1. The molecule has 0 saturated heterocycles. The van der Waals surface area contributed by atoms with E-state index in [4.69, 9.17) is 18.0 Å². The van der Waals surface area contributed by atoms with Gasteiger partial charge in [0.15, 0.2) is 0 Å². The zero-order chi connectivity index (χ0) is 9.40. The molecule has 70 valence electrons. The van der Waals surface area contributed by atoms with Gasteiger partial charge in [0.05, 0.1) is 4.99 Å². The first kappa shape index (κ1) is 11.4. The molecule has 0 spiro atoms. The first-order valence-electron chi connectivity index (χ1n) is 4.21. The van der Waals surface area contributed by atoms with Crippen molar-refractivity contribution in [3.05, 3.63) is 0 Å². The first-order valence-corrected chi connectivity index (χ1v) is 4.62. The predicted octanol–water partition coefficient (Wildman–Crippen LogP) is 0.969. The maximum Gasteiger partial charge on any atom is 0.219 e. The molecule has 0 atom stereocenters. The minimum absolute atomic E-state index is 0.112. The number of thiocarbonyl (C=S) groups is 1. The van der Waals surface area contributed by atoms with E-state index >= 15 is 0 Å². The van der Waals surface area contributed by atoms with Gasteiger partial charge in [-0.1, -0.05) is 19.1 Å². The average molecular weight is 188 g/mol. The normalized spacial score (nSPS) is 9.42. The summed E-state index contributed by atoms with van der Waals surface area (Å²) < 4.78 is 0. The Morgan fingerprint density at radius 3 is 2.67 bits per heavy atom. The minimum atomic E-state index is 0.112. The molecule has 0 aromatic carbocycles. The van der Waals surface area contributed by atoms with E-state index in [1.807, 2.05) is 6.92 Å². The van der Waals surface area contributed by atoms with E-state index in [9.17, 15) is 4.79 Å². The van der Waals surface area contributed by atoms with Crippen molar-refractivity contribution in [3.8, 4) is 0 Å². The molecule has 0 radical (unpaired) electrons. The van der Waals surface area contributed by atoms with Crippen LogP contribution in [0.1, 0.15) is 32.6 Å². The molecule has 0 fully saturated rings. The monoisotopic (exact) mass is 188 g/mol. The Bertz CT molecular complexity index is 159. The molecule has 1 amide bonds. The Kier molecular flexibility index (Phi) is 6.66. The van der Waals surface area contributed by atoms with Gasteiger partial charge in [-0.25, -0.2) is 0 Å². The molecule has 0 aromatic heterocycles. The summed E-state index contributed by atoms with van der Waals surface area (Å²) in [6, 6.07) is 0. The summed E-state index contributed by atoms with van der Waals surface area (Å²) in [5.74, 6) is 0.112. The van der Waals surface area contributed by atoms with Gasteiger partial charge in [0.2, 0.25) is 5.91 Å². The topological polar surface area (TPSA) is 55.1 Å². The summed E-state index contributed by atoms with van der Waals surface area (Å²) >= 11 is 4.69. The SMILES string of the molecule is CCCC(=O)NCCCC(N)=S. The Labute approximate surface area is 78.7 Å². The Morgan fingerprint density at radius 2 is 2.17 bits per heavy atom. The van der Waals surface area contributed by atoms with Gasteiger partial charge in [0, 0.05) is 13.0 Å². The molecule has 0 bridgehead atoms. The van der Waals surface area contributed by atoms with Gasteiger partial charge in [-0.05, 0) is 19.3 Å². The van der Waals surface area contributed by atoms with Crippen molar-refractivity contribution in [2.24, 2.45) is 5.73 Å². The second-order valence-electron chi connectivity index (χ2n) is 2.67. The van der Waals surface area contributed by atoms with Crippen molar-refractivity contribution in [2.45, 2.75) is 32.6 Å². The van der Waals surface area contributed by atoms with Crippen molar-refractivity contribution < 1.29 is 4.79 Å². The predicted molar refractivity (Wildman–Crippen MR) is 53.9 cm³/mol. The van der Waals surface area contributed by atoms with Gasteiger partial charge in [-0.2, -0.15) is 0 Å². The molecule has 0 unspecified atom stereocenters. The summed E-state index contributed by atoms with van der Waals surface area (Å²) in [6.45, 7) is 2.66. The number of hydrogen-bond acceptors (Lipinski definition) is 2. The number of rotatable bonds is 6. The summed E-state index contributed by atoms with van der Waals surface area (Å²) in [6.07, 6.45) is 3.04. The molecular formula is C8H16N2OS. The Morgan fingerprint density at radius 1 is 1.50 bits per heavy atom. The minimum Gasteiger partial charge on any atom is -0.393 e. The fourth-order valence-corrected chi connectivity index (χ4v) is 0.950. The van der Waals surface area contributed by atoms with Crippen LogP contribution in [0, 0.1) is 0 Å². The van der Waals surface area contributed by atoms with Crippen LogP contribution in [0.3, 0.4) is 0 Å². The number of carbonyl (C=O) groups excluding carboxylic acids is 1. The van der Waals surface area contributed by atoms with Crippen LogP contribution in [0.5, 0.6) is 0 Å². The van der Waals surface area contributed by atoms with E-state index in [0.717, 1.165) is 12.8 Å². The first-order chi connectivity index (χ1) is 5.66. The van der Waals surface area contributed by atoms with E-state index < -0.39 is 0 Å². The molecule has 4 heteroatoms. The third-order valence-electron chi connectivity index (χ3n) is 1.40. The van der Waals surface area contributed by atoms with Crippen LogP contribution in [-0.4, -0.2) is 17.4 Å². The van der Waals surface area contributed by atoms with E-state index in [0.29, 0.717) is 24.4 Å². The number of nitrogens with one attached hydrogen (secondary N) is 1. The Hall–Kier alpha value is -0.640. The van der Waals surface area contributed by atoms with Crippen molar-refractivity contribution in [3.63, 3.8) is 0 Å². The molecular weight excluding hydrogens is 172 g/mol. The molecule has 0 aliphatic carbocycles. The van der Waals surface area contributed by atoms with Crippen LogP contribution < -0.4 is 11.1 Å². The molecule has 3 N–H and O–H groups in total. The molecule has 0 aromatic rings. The lowest BCUT2D eigenvalue weighted by molar-refractivity contribution is -0.121. The standard InChI is InChI=1S/C8H16N2OS/c1-2-4-8(11)10-6-3-5-7(9)12/h2-6H2,1H3,(H2,9,12)(H,10,11). The van der Waals surface area contributed by atoms with E-state index in [1.54, 1.807) is 0 Å². The van der Waals surface area contributed by atoms with Crippen molar-refractivity contribution >= 4 is 23.1 Å². The highest BCUT2D eigenvalue weighted by molar-refractivity contribution is 7.80. The second-order valence-corrected chi connectivity index (χ2v) is 3.19. The van der Waals surface area contributed by atoms with Gasteiger partial charge >= 0.3 is 0 Å². The second kappa shape index (κ2) is 7.03. The van der Waals surface area contributed by atoms with Crippen LogP contribution in [0.4, 0.5) is 0 Å². The number of nitrogens with two attached hydrogens (primary N) is 1. The lowest BCUT2D eigenvalue weighted by Crippen LogP contribution is -2.24. The zero-order valence-electron chi connectivity index (χ0n) is 7.43. The van der Waals surface area contributed by atoms with E-state index in [2.05, 4.69) is 5.32 Å². The largest absolute Gasteiger partial charge is 0.393 e. The molecule has 12 heavy (non-hydrogen) atoms. The van der Waals surface area contributed by atoms with Gasteiger partial charge in [0.25, 0.3) is 0 Å². The highest BCUT2D eigenvalue weighted by Gasteiger charge is 1.97. The van der Waals surface area contributed by atoms with Gasteiger partial charge in [0.1, 0.15) is 0 Å². The van der Waals surface area contributed by atoms with Crippen molar-refractivity contribution in [1.29, 1.82) is 0 Å². The smallest absolute Gasteiger partial charge is 0.219 e. The van der Waals surface area contributed by atoms with Crippen LogP contribution in [0.2, 0.25) is 0 Å². The number of carbonyl (C=O) groups is 1. The molecule has 0 saturated carbocycles. The highest BCUT2D eigenvalue weighted by Crippen LogP contribution is 1.89. The van der Waals surface area contributed by atoms with E-state index in [-0.39, 0.29) is 5.91 Å². The maximum atomic E-state index is 10.9. The average Bonchev–Trinajstić information content (AvgIpc) is 1.98. The van der Waals surface area contributed by atoms with Gasteiger partial charge in [-0.3, -0.25) is 4.79 Å². The van der Waals surface area contributed by atoms with Crippen LogP contribution in [0.25, 0.3) is 0 Å². The molecule has 0 rings (SSSR count).